The van der Waals surface area contributed by atoms with Gasteiger partial charge in [0.05, 0.1) is 34.0 Å². The number of hydrogen-bond donors (Lipinski definition) is 0. The molecular formula is C35H45BN4O4. The zero-order chi connectivity index (χ0) is 31.6. The number of aromatic nitrogens is 3. The summed E-state index contributed by atoms with van der Waals surface area (Å²) in [5.41, 5.74) is 3.58. The molecule has 1 amide bonds. The summed E-state index contributed by atoms with van der Waals surface area (Å²) in [6.45, 7) is 19.1. The number of benzene rings is 2. The van der Waals surface area contributed by atoms with E-state index in [-0.39, 0.29) is 29.4 Å². The first-order chi connectivity index (χ1) is 20.7. The summed E-state index contributed by atoms with van der Waals surface area (Å²) in [4.78, 5) is 25.0. The van der Waals surface area contributed by atoms with Gasteiger partial charge < -0.3 is 18.6 Å². The Labute approximate surface area is 261 Å². The van der Waals surface area contributed by atoms with Crippen molar-refractivity contribution < 1.29 is 18.8 Å². The lowest BCUT2D eigenvalue weighted by Gasteiger charge is -2.32. The van der Waals surface area contributed by atoms with Crippen molar-refractivity contribution in [3.8, 4) is 11.3 Å². The van der Waals surface area contributed by atoms with Crippen molar-refractivity contribution in [3.63, 3.8) is 0 Å². The highest BCUT2D eigenvalue weighted by molar-refractivity contribution is 6.62. The highest BCUT2D eigenvalue weighted by atomic mass is 16.7. The lowest BCUT2D eigenvalue weighted by Crippen LogP contribution is -2.41. The van der Waals surface area contributed by atoms with Crippen LogP contribution in [0.5, 0.6) is 0 Å². The summed E-state index contributed by atoms with van der Waals surface area (Å²) in [7, 11) is -0.410. The van der Waals surface area contributed by atoms with E-state index in [0.717, 1.165) is 63.6 Å². The van der Waals surface area contributed by atoms with Crippen LogP contribution >= 0.6 is 0 Å². The van der Waals surface area contributed by atoms with E-state index in [2.05, 4.69) is 88.6 Å². The Morgan fingerprint density at radius 1 is 1.07 bits per heavy atom. The van der Waals surface area contributed by atoms with Gasteiger partial charge in [0.15, 0.2) is 0 Å². The van der Waals surface area contributed by atoms with Crippen LogP contribution in [0.25, 0.3) is 33.1 Å². The van der Waals surface area contributed by atoms with E-state index < -0.39 is 12.7 Å². The number of nitrogens with zero attached hydrogens (tertiary/aromatic N) is 4. The van der Waals surface area contributed by atoms with Crippen molar-refractivity contribution in [3.05, 3.63) is 54.5 Å². The van der Waals surface area contributed by atoms with Gasteiger partial charge >= 0.3 is 13.2 Å². The first kappa shape index (κ1) is 30.6. The average Bonchev–Trinajstić information content (AvgIpc) is 3.64. The van der Waals surface area contributed by atoms with Crippen LogP contribution in [0.15, 0.2) is 48.7 Å². The zero-order valence-corrected chi connectivity index (χ0v) is 27.6. The molecule has 2 unspecified atom stereocenters. The molecule has 0 saturated carbocycles. The number of fused-ring (bicyclic) bond motifs is 2. The van der Waals surface area contributed by atoms with Crippen molar-refractivity contribution in [1.29, 1.82) is 0 Å². The van der Waals surface area contributed by atoms with Crippen molar-refractivity contribution in [1.82, 2.24) is 19.4 Å². The smallest absolute Gasteiger partial charge is 0.444 e. The van der Waals surface area contributed by atoms with E-state index in [9.17, 15) is 4.79 Å². The molecule has 0 N–H and O–H groups in total. The van der Waals surface area contributed by atoms with Crippen molar-refractivity contribution in [2.75, 3.05) is 6.54 Å². The lowest BCUT2D eigenvalue weighted by molar-refractivity contribution is 0.00578. The number of rotatable bonds is 5. The maximum Gasteiger partial charge on any atom is 0.494 e. The number of carbonyl (C=O) groups is 1. The van der Waals surface area contributed by atoms with Gasteiger partial charge in [0.2, 0.25) is 0 Å². The fourth-order valence-corrected chi connectivity index (χ4v) is 6.17. The van der Waals surface area contributed by atoms with Crippen LogP contribution < -0.4 is 5.46 Å². The van der Waals surface area contributed by atoms with Crippen LogP contribution in [0.2, 0.25) is 0 Å². The Bertz CT molecular complexity index is 1710. The topological polar surface area (TPSA) is 78.7 Å². The van der Waals surface area contributed by atoms with E-state index in [1.54, 1.807) is 0 Å². The molecule has 2 atom stereocenters. The molecule has 2 aromatic carbocycles. The fraction of sp³-hybridized carbons (Fsp3) is 0.514. The van der Waals surface area contributed by atoms with Gasteiger partial charge in [0.1, 0.15) is 11.4 Å². The molecule has 2 aliphatic rings. The summed E-state index contributed by atoms with van der Waals surface area (Å²) in [6, 6.07) is 14.9. The number of likely N-dealkylation sites (tertiary alicyclic amines) is 1. The largest absolute Gasteiger partial charge is 0.494 e. The zero-order valence-electron chi connectivity index (χ0n) is 27.6. The molecule has 232 valence electrons. The molecule has 0 aliphatic carbocycles. The predicted octanol–water partition coefficient (Wildman–Crippen LogP) is 7.59. The molecular weight excluding hydrogens is 551 g/mol. The standard InChI is InChI=1S/C35H45BN4O4/c1-10-22(2)40-30-20-24(14-16-27(30)38-31(40)29-12-11-17-39(29)32(41)42-33(3,4)5)28-19-23-13-15-26(18-25(23)21-37-28)36-43-34(6,7)35(8,9)44-36/h13-16,18-22,29H,10-12,17H2,1-9H3. The van der Waals surface area contributed by atoms with Crippen molar-refractivity contribution >= 4 is 40.5 Å². The summed E-state index contributed by atoms with van der Waals surface area (Å²) in [5, 5.41) is 2.14. The molecule has 0 spiro atoms. The van der Waals surface area contributed by atoms with Gasteiger partial charge in [-0.15, -0.1) is 0 Å². The number of amides is 1. The van der Waals surface area contributed by atoms with Gasteiger partial charge in [0.25, 0.3) is 0 Å². The number of hydrogen-bond acceptors (Lipinski definition) is 6. The Hall–Kier alpha value is -3.43. The number of pyridine rings is 1. The normalized spacial score (nSPS) is 20.5. The first-order valence-corrected chi connectivity index (χ1v) is 15.9. The minimum Gasteiger partial charge on any atom is -0.444 e. The van der Waals surface area contributed by atoms with Crippen LogP contribution in [-0.4, -0.2) is 56.0 Å². The van der Waals surface area contributed by atoms with Gasteiger partial charge in [-0.25, -0.2) is 9.78 Å². The van der Waals surface area contributed by atoms with Gasteiger partial charge in [-0.05, 0) is 109 Å². The number of imidazole rings is 1. The quantitative estimate of drug-likeness (QED) is 0.221. The molecule has 0 bridgehead atoms. The van der Waals surface area contributed by atoms with E-state index in [1.165, 1.54) is 0 Å². The molecule has 2 aromatic heterocycles. The highest BCUT2D eigenvalue weighted by Gasteiger charge is 2.51. The summed E-state index contributed by atoms with van der Waals surface area (Å²) in [6.07, 6.45) is 4.40. The maximum atomic E-state index is 13.2. The van der Waals surface area contributed by atoms with E-state index >= 15 is 0 Å². The second-order valence-electron chi connectivity index (χ2n) is 14.4. The third-order valence-electron chi connectivity index (χ3n) is 9.49. The van der Waals surface area contributed by atoms with Gasteiger partial charge in [0, 0.05) is 24.3 Å². The molecule has 2 aliphatic heterocycles. The Morgan fingerprint density at radius 3 is 2.48 bits per heavy atom. The minimum absolute atomic E-state index is 0.119. The molecule has 4 heterocycles. The van der Waals surface area contributed by atoms with Crippen LogP contribution in [-0.2, 0) is 14.0 Å². The summed E-state index contributed by atoms with van der Waals surface area (Å²) < 4.78 is 20.6. The van der Waals surface area contributed by atoms with Gasteiger partial charge in [-0.2, -0.15) is 0 Å². The molecule has 8 nitrogen and oxygen atoms in total. The third kappa shape index (κ3) is 5.49. The second kappa shape index (κ2) is 10.9. The van der Waals surface area contributed by atoms with Crippen LogP contribution in [0, 0.1) is 0 Å². The van der Waals surface area contributed by atoms with E-state index in [4.69, 9.17) is 24.0 Å². The molecule has 44 heavy (non-hydrogen) atoms. The molecule has 0 radical (unpaired) electrons. The highest BCUT2D eigenvalue weighted by Crippen LogP contribution is 2.39. The minimum atomic E-state index is -0.545. The fourth-order valence-electron chi connectivity index (χ4n) is 6.17. The lowest BCUT2D eigenvalue weighted by atomic mass is 9.78. The van der Waals surface area contributed by atoms with Crippen molar-refractivity contribution in [2.45, 2.75) is 110 Å². The summed E-state index contributed by atoms with van der Waals surface area (Å²) >= 11 is 0. The molecule has 4 aromatic rings. The van der Waals surface area contributed by atoms with E-state index in [1.807, 2.05) is 31.9 Å². The van der Waals surface area contributed by atoms with E-state index in [0.29, 0.717) is 6.54 Å². The Morgan fingerprint density at radius 2 is 1.80 bits per heavy atom. The number of ether oxygens (including phenoxy) is 1. The van der Waals surface area contributed by atoms with Crippen LogP contribution in [0.1, 0.15) is 99.5 Å². The third-order valence-corrected chi connectivity index (χ3v) is 9.49. The SMILES string of the molecule is CCC(C)n1c(C2CCCN2C(=O)OC(C)(C)C)nc2ccc(-c3cc4ccc(B5OC(C)(C)C(C)(C)O5)cc4cn3)cc21. The Kier molecular flexibility index (Phi) is 7.56. The number of carbonyl (C=O) groups excluding carboxylic acids is 1. The second-order valence-corrected chi connectivity index (χ2v) is 14.4. The monoisotopic (exact) mass is 596 g/mol. The molecule has 9 heteroatoms. The van der Waals surface area contributed by atoms with Gasteiger partial charge in [-0.1, -0.05) is 31.2 Å². The molecule has 2 fully saturated rings. The van der Waals surface area contributed by atoms with Crippen LogP contribution in [0.4, 0.5) is 4.79 Å². The maximum absolute atomic E-state index is 13.2. The van der Waals surface area contributed by atoms with Crippen molar-refractivity contribution in [2.24, 2.45) is 0 Å². The Balaban J connectivity index is 1.34. The first-order valence-electron chi connectivity index (χ1n) is 15.9. The van der Waals surface area contributed by atoms with Crippen LogP contribution in [0.3, 0.4) is 0 Å². The van der Waals surface area contributed by atoms with Gasteiger partial charge in [-0.3, -0.25) is 9.88 Å². The molecule has 6 rings (SSSR count). The average molecular weight is 597 g/mol. The predicted molar refractivity (Wildman–Crippen MR) is 176 cm³/mol. The molecule has 2 saturated heterocycles. The summed E-state index contributed by atoms with van der Waals surface area (Å²) in [5.74, 6) is 0.927.